The Morgan fingerprint density at radius 2 is 1.94 bits per heavy atom. The molecule has 0 spiro atoms. The molecular formula is C14H17NO. The molecular weight excluding hydrogens is 198 g/mol. The van der Waals surface area contributed by atoms with Crippen LogP contribution in [0.4, 0.5) is 0 Å². The van der Waals surface area contributed by atoms with Crippen LogP contribution in [0.25, 0.3) is 0 Å². The van der Waals surface area contributed by atoms with Crippen LogP contribution in [-0.2, 0) is 4.79 Å². The predicted octanol–water partition coefficient (Wildman–Crippen LogP) is 3.00. The maximum absolute atomic E-state index is 11.5. The van der Waals surface area contributed by atoms with E-state index in [1.165, 1.54) is 0 Å². The number of carbonyl (C=O) groups is 1. The third kappa shape index (κ3) is 3.73. The predicted molar refractivity (Wildman–Crippen MR) is 67.0 cm³/mol. The maximum atomic E-state index is 11.5. The fraction of sp³-hybridized carbons (Fsp3) is 0.214. The van der Waals surface area contributed by atoms with Gasteiger partial charge in [0, 0.05) is 6.42 Å². The molecule has 0 heterocycles. The van der Waals surface area contributed by atoms with Crippen LogP contribution in [0.5, 0.6) is 0 Å². The van der Waals surface area contributed by atoms with Crippen molar-refractivity contribution in [2.24, 2.45) is 0 Å². The quantitative estimate of drug-likeness (QED) is 0.726. The number of carbonyl (C=O) groups excluding carboxylic acids is 1. The summed E-state index contributed by atoms with van der Waals surface area (Å²) in [7, 11) is 0. The molecule has 0 aromatic heterocycles. The number of benzene rings is 1. The molecule has 0 radical (unpaired) electrons. The Morgan fingerprint density at radius 3 is 2.50 bits per heavy atom. The molecule has 1 amide bonds. The van der Waals surface area contributed by atoms with Gasteiger partial charge in [0.15, 0.2) is 0 Å². The van der Waals surface area contributed by atoms with Gasteiger partial charge >= 0.3 is 0 Å². The van der Waals surface area contributed by atoms with E-state index in [2.05, 4.69) is 18.5 Å². The lowest BCUT2D eigenvalue weighted by Crippen LogP contribution is -2.27. The van der Waals surface area contributed by atoms with Gasteiger partial charge < -0.3 is 5.32 Å². The van der Waals surface area contributed by atoms with E-state index < -0.39 is 0 Å². The minimum Gasteiger partial charge on any atom is -0.349 e. The molecule has 2 heteroatoms. The van der Waals surface area contributed by atoms with Crippen LogP contribution >= 0.6 is 0 Å². The topological polar surface area (TPSA) is 29.1 Å². The first kappa shape index (κ1) is 12.2. The molecule has 1 aromatic rings. The molecule has 1 unspecified atom stereocenters. The van der Waals surface area contributed by atoms with Gasteiger partial charge in [-0.15, -0.1) is 13.2 Å². The normalized spacial score (nSPS) is 11.5. The third-order valence-electron chi connectivity index (χ3n) is 2.27. The SMILES string of the molecule is C=CCC(=O)NC(CC=C)c1ccccc1. The van der Waals surface area contributed by atoms with Gasteiger partial charge in [0.1, 0.15) is 0 Å². The van der Waals surface area contributed by atoms with Gasteiger partial charge in [-0.2, -0.15) is 0 Å². The standard InChI is InChI=1S/C14H17NO/c1-3-8-13(15-14(16)9-4-2)12-10-6-5-7-11-12/h3-7,10-11,13H,1-2,8-9H2,(H,15,16). The van der Waals surface area contributed by atoms with Crippen LogP contribution in [0.3, 0.4) is 0 Å². The highest BCUT2D eigenvalue weighted by Crippen LogP contribution is 2.16. The molecule has 2 nitrogen and oxygen atoms in total. The van der Waals surface area contributed by atoms with Crippen molar-refractivity contribution in [3.63, 3.8) is 0 Å². The number of hydrogen-bond donors (Lipinski definition) is 1. The fourth-order valence-electron chi connectivity index (χ4n) is 1.51. The fourth-order valence-corrected chi connectivity index (χ4v) is 1.51. The van der Waals surface area contributed by atoms with E-state index in [0.29, 0.717) is 6.42 Å². The van der Waals surface area contributed by atoms with E-state index in [4.69, 9.17) is 0 Å². The van der Waals surface area contributed by atoms with Crippen molar-refractivity contribution < 1.29 is 4.79 Å². The maximum Gasteiger partial charge on any atom is 0.224 e. The van der Waals surface area contributed by atoms with Crippen molar-refractivity contribution in [1.82, 2.24) is 5.32 Å². The first-order valence-electron chi connectivity index (χ1n) is 5.34. The van der Waals surface area contributed by atoms with Crippen LogP contribution in [0, 0.1) is 0 Å². The van der Waals surface area contributed by atoms with E-state index in [1.54, 1.807) is 6.08 Å². The van der Waals surface area contributed by atoms with Crippen molar-refractivity contribution in [2.45, 2.75) is 18.9 Å². The van der Waals surface area contributed by atoms with Gasteiger partial charge in [-0.25, -0.2) is 0 Å². The first-order chi connectivity index (χ1) is 7.77. The molecule has 1 N–H and O–H groups in total. The zero-order chi connectivity index (χ0) is 11.8. The Morgan fingerprint density at radius 1 is 1.25 bits per heavy atom. The Balaban J connectivity index is 2.71. The average molecular weight is 215 g/mol. The molecule has 0 aliphatic carbocycles. The van der Waals surface area contributed by atoms with Crippen LogP contribution in [0.1, 0.15) is 24.4 Å². The smallest absolute Gasteiger partial charge is 0.224 e. The summed E-state index contributed by atoms with van der Waals surface area (Å²) in [6.07, 6.45) is 4.49. The van der Waals surface area contributed by atoms with Gasteiger partial charge in [-0.3, -0.25) is 4.79 Å². The molecule has 1 atom stereocenters. The molecule has 0 bridgehead atoms. The second kappa shape index (κ2) is 6.62. The molecule has 0 fully saturated rings. The Hall–Kier alpha value is -1.83. The lowest BCUT2D eigenvalue weighted by atomic mass is 10.0. The largest absolute Gasteiger partial charge is 0.349 e. The molecule has 16 heavy (non-hydrogen) atoms. The number of amides is 1. The molecule has 0 aliphatic rings. The highest BCUT2D eigenvalue weighted by Gasteiger charge is 2.11. The first-order valence-corrected chi connectivity index (χ1v) is 5.34. The summed E-state index contributed by atoms with van der Waals surface area (Å²) in [5.74, 6) is -0.00861. The van der Waals surface area contributed by atoms with E-state index in [9.17, 15) is 4.79 Å². The summed E-state index contributed by atoms with van der Waals surface area (Å²) in [4.78, 5) is 11.5. The summed E-state index contributed by atoms with van der Waals surface area (Å²) < 4.78 is 0. The molecule has 0 aliphatic heterocycles. The van der Waals surface area contributed by atoms with Gasteiger partial charge in [0.05, 0.1) is 6.04 Å². The number of nitrogens with one attached hydrogen (secondary N) is 1. The van der Waals surface area contributed by atoms with Crippen LogP contribution in [0.2, 0.25) is 0 Å². The van der Waals surface area contributed by atoms with Crippen molar-refractivity contribution in [3.8, 4) is 0 Å². The summed E-state index contributed by atoms with van der Waals surface area (Å²) in [6.45, 7) is 7.25. The molecule has 84 valence electrons. The number of hydrogen-bond acceptors (Lipinski definition) is 1. The highest BCUT2D eigenvalue weighted by atomic mass is 16.1. The van der Waals surface area contributed by atoms with Crippen molar-refractivity contribution in [1.29, 1.82) is 0 Å². The molecule has 0 saturated heterocycles. The third-order valence-corrected chi connectivity index (χ3v) is 2.27. The van der Waals surface area contributed by atoms with Crippen LogP contribution in [-0.4, -0.2) is 5.91 Å². The molecule has 1 rings (SSSR count). The zero-order valence-corrected chi connectivity index (χ0v) is 9.36. The van der Waals surface area contributed by atoms with Crippen LogP contribution < -0.4 is 5.32 Å². The second-order valence-electron chi connectivity index (χ2n) is 3.55. The summed E-state index contributed by atoms with van der Waals surface area (Å²) >= 11 is 0. The highest BCUT2D eigenvalue weighted by molar-refractivity contribution is 5.77. The summed E-state index contributed by atoms with van der Waals surface area (Å²) in [5.41, 5.74) is 1.10. The monoisotopic (exact) mass is 215 g/mol. The number of rotatable bonds is 6. The zero-order valence-electron chi connectivity index (χ0n) is 9.36. The minimum atomic E-state index is -0.00861. The van der Waals surface area contributed by atoms with Crippen molar-refractivity contribution in [3.05, 3.63) is 61.2 Å². The van der Waals surface area contributed by atoms with Gasteiger partial charge in [-0.05, 0) is 12.0 Å². The van der Waals surface area contributed by atoms with Crippen LogP contribution in [0.15, 0.2) is 55.6 Å². The Bertz CT molecular complexity index is 356. The molecule has 0 saturated carbocycles. The second-order valence-corrected chi connectivity index (χ2v) is 3.55. The van der Waals surface area contributed by atoms with Gasteiger partial charge in [0.2, 0.25) is 5.91 Å². The van der Waals surface area contributed by atoms with Gasteiger partial charge in [0.25, 0.3) is 0 Å². The average Bonchev–Trinajstić information content (AvgIpc) is 2.30. The Labute approximate surface area is 96.7 Å². The minimum absolute atomic E-state index is 0.00569. The van der Waals surface area contributed by atoms with E-state index in [0.717, 1.165) is 12.0 Å². The van der Waals surface area contributed by atoms with Gasteiger partial charge in [-0.1, -0.05) is 42.5 Å². The summed E-state index contributed by atoms with van der Waals surface area (Å²) in [5, 5.41) is 2.95. The van der Waals surface area contributed by atoms with E-state index >= 15 is 0 Å². The van der Waals surface area contributed by atoms with Crippen molar-refractivity contribution in [2.75, 3.05) is 0 Å². The van der Waals surface area contributed by atoms with Crippen molar-refractivity contribution >= 4 is 5.91 Å². The lowest BCUT2D eigenvalue weighted by molar-refractivity contribution is -0.121. The summed E-state index contributed by atoms with van der Waals surface area (Å²) in [6, 6.07) is 9.90. The van der Waals surface area contributed by atoms with E-state index in [-0.39, 0.29) is 11.9 Å². The van der Waals surface area contributed by atoms with E-state index in [1.807, 2.05) is 36.4 Å². The lowest BCUT2D eigenvalue weighted by Gasteiger charge is -2.17. The Kier molecular flexibility index (Phi) is 5.06. The molecule has 1 aromatic carbocycles.